The molecule has 1 unspecified atom stereocenters. The van der Waals surface area contributed by atoms with Gasteiger partial charge in [-0.2, -0.15) is 0 Å². The van der Waals surface area contributed by atoms with Crippen LogP contribution < -0.4 is 9.47 Å². The number of benzene rings is 3. The third-order valence-corrected chi connectivity index (χ3v) is 6.79. The summed E-state index contributed by atoms with van der Waals surface area (Å²) in [5, 5.41) is 1.80. The van der Waals surface area contributed by atoms with Gasteiger partial charge in [-0.25, -0.2) is 0 Å². The molecule has 0 radical (unpaired) electrons. The van der Waals surface area contributed by atoms with E-state index >= 15 is 0 Å². The van der Waals surface area contributed by atoms with Crippen LogP contribution in [0, 0.1) is 0 Å². The number of hydrogen-bond acceptors (Lipinski definition) is 4. The van der Waals surface area contributed by atoms with Crippen LogP contribution in [-0.4, -0.2) is 35.0 Å². The van der Waals surface area contributed by atoms with Crippen molar-refractivity contribution >= 4 is 28.3 Å². The number of ether oxygens (including phenoxy) is 3. The molecular weight excluding hydrogens is 432 g/mol. The average Bonchev–Trinajstić information content (AvgIpc) is 3.48. The zero-order chi connectivity index (χ0) is 22.2. The fourth-order valence-electron chi connectivity index (χ4n) is 4.85. The summed E-state index contributed by atoms with van der Waals surface area (Å²) in [6.45, 7) is 1.59. The van der Waals surface area contributed by atoms with Gasteiger partial charge in [0, 0.05) is 29.6 Å². The number of fused-ring (bicyclic) bond motifs is 4. The molecule has 1 N–H and O–H groups in total. The van der Waals surface area contributed by atoms with Crippen molar-refractivity contribution in [1.29, 1.82) is 0 Å². The number of para-hydroxylation sites is 1. The highest BCUT2D eigenvalue weighted by Crippen LogP contribution is 2.42. The Morgan fingerprint density at radius 1 is 1.00 bits per heavy atom. The quantitative estimate of drug-likeness (QED) is 0.417. The minimum atomic E-state index is -0.0834. The first-order valence-corrected chi connectivity index (χ1v) is 11.6. The lowest BCUT2D eigenvalue weighted by molar-refractivity contribution is 0.173. The van der Waals surface area contributed by atoms with Gasteiger partial charge in [0.05, 0.1) is 12.6 Å². The van der Waals surface area contributed by atoms with Crippen LogP contribution >= 0.6 is 12.2 Å². The Kier molecular flexibility index (Phi) is 5.15. The number of H-pyrrole nitrogens is 1. The third-order valence-electron chi connectivity index (χ3n) is 6.44. The van der Waals surface area contributed by atoms with Crippen LogP contribution in [0.25, 0.3) is 10.9 Å². The molecule has 0 aliphatic carbocycles. The summed E-state index contributed by atoms with van der Waals surface area (Å²) < 4.78 is 17.3. The fourth-order valence-corrected chi connectivity index (χ4v) is 5.13. The van der Waals surface area contributed by atoms with Crippen molar-refractivity contribution < 1.29 is 14.2 Å². The summed E-state index contributed by atoms with van der Waals surface area (Å²) >= 11 is 5.81. The third kappa shape index (κ3) is 3.70. The molecule has 6 rings (SSSR count). The number of hydrogen-bond donors (Lipinski definition) is 1. The van der Waals surface area contributed by atoms with E-state index in [0.29, 0.717) is 11.8 Å². The molecule has 3 aromatic carbocycles. The molecule has 2 aliphatic heterocycles. The Balaban J connectivity index is 1.33. The van der Waals surface area contributed by atoms with Gasteiger partial charge >= 0.3 is 0 Å². The highest BCUT2D eigenvalue weighted by molar-refractivity contribution is 7.80. The first-order chi connectivity index (χ1) is 16.3. The van der Waals surface area contributed by atoms with Crippen molar-refractivity contribution in [2.75, 3.05) is 19.9 Å². The van der Waals surface area contributed by atoms with E-state index in [1.165, 1.54) is 16.5 Å². The zero-order valence-corrected chi connectivity index (χ0v) is 18.9. The number of aromatic amines is 1. The maximum atomic E-state index is 6.11. The highest BCUT2D eigenvalue weighted by Gasteiger charge is 2.34. The maximum absolute atomic E-state index is 6.11. The summed E-state index contributed by atoms with van der Waals surface area (Å²) in [5.41, 5.74) is 5.99. The van der Waals surface area contributed by atoms with Gasteiger partial charge in [-0.15, -0.1) is 0 Å². The molecule has 0 amide bonds. The topological polar surface area (TPSA) is 46.7 Å². The predicted molar refractivity (Wildman–Crippen MR) is 132 cm³/mol. The molecule has 1 aromatic heterocycles. The number of nitrogens with one attached hydrogen (secondary N) is 1. The molecule has 1 atom stereocenters. The van der Waals surface area contributed by atoms with E-state index in [2.05, 4.69) is 58.4 Å². The number of aromatic nitrogens is 1. The molecule has 0 bridgehead atoms. The lowest BCUT2D eigenvalue weighted by Gasteiger charge is -2.37. The van der Waals surface area contributed by atoms with Crippen molar-refractivity contribution in [3.63, 3.8) is 0 Å². The van der Waals surface area contributed by atoms with E-state index in [0.717, 1.165) is 47.7 Å². The molecule has 0 saturated heterocycles. The fraction of sp³-hybridized carbons (Fsp3) is 0.222. The van der Waals surface area contributed by atoms with Crippen LogP contribution in [0.4, 0.5) is 0 Å². The summed E-state index contributed by atoms with van der Waals surface area (Å²) in [6, 6.07) is 24.9. The van der Waals surface area contributed by atoms with Gasteiger partial charge < -0.3 is 24.1 Å². The molecule has 0 fully saturated rings. The standard InChI is InChI=1S/C27H24N2O3S/c33-27(30-15-13-18-6-2-1-3-7-18)29-14-12-21-20-8-4-5-9-22(20)28-25(21)26(29)19-10-11-23-24(16-19)32-17-31-23/h1-11,16,26,28H,12-15,17H2. The van der Waals surface area contributed by atoms with Crippen molar-refractivity contribution in [3.05, 3.63) is 95.2 Å². The highest BCUT2D eigenvalue weighted by atomic mass is 32.1. The van der Waals surface area contributed by atoms with Crippen LogP contribution in [-0.2, 0) is 17.6 Å². The van der Waals surface area contributed by atoms with Gasteiger partial charge in [0.1, 0.15) is 0 Å². The van der Waals surface area contributed by atoms with Crippen molar-refractivity contribution in [1.82, 2.24) is 9.88 Å². The maximum Gasteiger partial charge on any atom is 0.260 e. The Labute approximate surface area is 197 Å². The normalized spacial score (nSPS) is 16.6. The first-order valence-electron chi connectivity index (χ1n) is 11.2. The molecule has 0 saturated carbocycles. The lowest BCUT2D eigenvalue weighted by atomic mass is 9.92. The second kappa shape index (κ2) is 8.45. The SMILES string of the molecule is S=C(OCCc1ccccc1)N1CCc2c([nH]c3ccccc23)C1c1ccc2c(c1)OCO2. The summed E-state index contributed by atoms with van der Waals surface area (Å²) in [5.74, 6) is 1.55. The van der Waals surface area contributed by atoms with E-state index < -0.39 is 0 Å². The average molecular weight is 457 g/mol. The van der Waals surface area contributed by atoms with E-state index in [1.807, 2.05) is 24.3 Å². The Bertz CT molecular complexity index is 1320. The smallest absolute Gasteiger partial charge is 0.260 e. The summed E-state index contributed by atoms with van der Waals surface area (Å²) in [7, 11) is 0. The van der Waals surface area contributed by atoms with Crippen molar-refractivity contribution in [2.45, 2.75) is 18.9 Å². The minimum Gasteiger partial charge on any atom is -0.471 e. The summed E-state index contributed by atoms with van der Waals surface area (Å²) in [6.07, 6.45) is 1.73. The zero-order valence-electron chi connectivity index (χ0n) is 18.1. The second-order valence-electron chi connectivity index (χ2n) is 8.37. The molecule has 3 heterocycles. The number of rotatable bonds is 4. The molecule has 2 aliphatic rings. The predicted octanol–water partition coefficient (Wildman–Crippen LogP) is 5.39. The molecule has 166 valence electrons. The number of nitrogens with zero attached hydrogens (tertiary/aromatic N) is 1. The molecule has 0 spiro atoms. The molecule has 6 heteroatoms. The molecule has 33 heavy (non-hydrogen) atoms. The van der Waals surface area contributed by atoms with Gasteiger partial charge in [0.25, 0.3) is 5.17 Å². The summed E-state index contributed by atoms with van der Waals surface area (Å²) in [4.78, 5) is 5.86. The van der Waals surface area contributed by atoms with Crippen LogP contribution in [0.2, 0.25) is 0 Å². The second-order valence-corrected chi connectivity index (χ2v) is 8.72. The Hall–Kier alpha value is -3.51. The largest absolute Gasteiger partial charge is 0.471 e. The lowest BCUT2D eigenvalue weighted by Crippen LogP contribution is -2.41. The van der Waals surface area contributed by atoms with Gasteiger partial charge in [0.2, 0.25) is 6.79 Å². The molecular formula is C27H24N2O3S. The Morgan fingerprint density at radius 2 is 1.82 bits per heavy atom. The van der Waals surface area contributed by atoms with Crippen molar-refractivity contribution in [3.8, 4) is 11.5 Å². The van der Waals surface area contributed by atoms with Gasteiger partial charge in [-0.05, 0) is 53.5 Å². The monoisotopic (exact) mass is 456 g/mol. The van der Waals surface area contributed by atoms with E-state index in [9.17, 15) is 0 Å². The minimum absolute atomic E-state index is 0.0834. The van der Waals surface area contributed by atoms with Crippen LogP contribution in [0.3, 0.4) is 0 Å². The van der Waals surface area contributed by atoms with Crippen LogP contribution in [0.1, 0.15) is 28.4 Å². The van der Waals surface area contributed by atoms with Crippen LogP contribution in [0.5, 0.6) is 11.5 Å². The molecule has 4 aromatic rings. The number of thiocarbonyl (C=S) groups is 1. The first kappa shape index (κ1) is 20.1. The van der Waals surface area contributed by atoms with Gasteiger partial charge in [-0.3, -0.25) is 0 Å². The van der Waals surface area contributed by atoms with E-state index in [4.69, 9.17) is 26.4 Å². The van der Waals surface area contributed by atoms with Gasteiger partial charge in [-0.1, -0.05) is 54.6 Å². The van der Waals surface area contributed by atoms with Crippen LogP contribution in [0.15, 0.2) is 72.8 Å². The van der Waals surface area contributed by atoms with Crippen molar-refractivity contribution in [2.24, 2.45) is 0 Å². The van der Waals surface area contributed by atoms with E-state index in [-0.39, 0.29) is 12.8 Å². The van der Waals surface area contributed by atoms with E-state index in [1.54, 1.807) is 0 Å². The molecule has 5 nitrogen and oxygen atoms in total. The Morgan fingerprint density at radius 3 is 2.73 bits per heavy atom. The van der Waals surface area contributed by atoms with Gasteiger partial charge in [0.15, 0.2) is 11.5 Å².